The molecule has 1 heterocycles. The zero-order valence-electron chi connectivity index (χ0n) is 12.7. The Labute approximate surface area is 116 Å². The van der Waals surface area contributed by atoms with Gasteiger partial charge in [0, 0.05) is 25.0 Å². The molecule has 1 saturated heterocycles. The molecule has 0 spiro atoms. The van der Waals surface area contributed by atoms with Gasteiger partial charge in [0.15, 0.2) is 0 Å². The highest BCUT2D eigenvalue weighted by Gasteiger charge is 2.58. The predicted octanol–water partition coefficient (Wildman–Crippen LogP) is 1.70. The topological polar surface area (TPSA) is 50.4 Å². The average Bonchev–Trinajstić information content (AvgIpc) is 2.88. The lowest BCUT2D eigenvalue weighted by molar-refractivity contribution is -0.182. The molecule has 0 aromatic carbocycles. The number of methoxy groups -OCH3 is 1. The second-order valence-corrected chi connectivity index (χ2v) is 6.88. The first-order valence-electron chi connectivity index (χ1n) is 7.44. The van der Waals surface area contributed by atoms with E-state index >= 15 is 0 Å². The van der Waals surface area contributed by atoms with Crippen molar-refractivity contribution in [2.24, 2.45) is 11.3 Å². The highest BCUT2D eigenvalue weighted by atomic mass is 16.5. The van der Waals surface area contributed by atoms with Crippen LogP contribution in [0.3, 0.4) is 0 Å². The third kappa shape index (κ3) is 2.79. The predicted molar refractivity (Wildman–Crippen MR) is 76.0 cm³/mol. The molecular formula is C15H28N2O2. The van der Waals surface area contributed by atoms with Crippen LogP contribution in [0.5, 0.6) is 0 Å². The van der Waals surface area contributed by atoms with Crippen molar-refractivity contribution in [2.75, 3.05) is 20.2 Å². The first-order chi connectivity index (χ1) is 8.89. The molecule has 0 radical (unpaired) electrons. The Bertz CT molecular complexity index is 337. The maximum atomic E-state index is 12.0. The molecule has 3 atom stereocenters. The van der Waals surface area contributed by atoms with Gasteiger partial charge in [0.05, 0.1) is 5.60 Å². The minimum absolute atomic E-state index is 0.00627. The Hall–Kier alpha value is -0.610. The first kappa shape index (κ1) is 14.8. The number of hydrogen-bond donors (Lipinski definition) is 2. The Balaban J connectivity index is 1.74. The van der Waals surface area contributed by atoms with E-state index in [2.05, 4.69) is 31.4 Å². The maximum Gasteiger partial charge on any atom is 0.220 e. The number of carbonyl (C=O) groups is 1. The minimum atomic E-state index is -0.111. The fourth-order valence-corrected chi connectivity index (χ4v) is 3.29. The second-order valence-electron chi connectivity index (χ2n) is 6.88. The van der Waals surface area contributed by atoms with Crippen molar-refractivity contribution in [3.05, 3.63) is 0 Å². The molecule has 2 fully saturated rings. The summed E-state index contributed by atoms with van der Waals surface area (Å²) < 4.78 is 5.58. The molecule has 1 aliphatic carbocycles. The number of rotatable bonds is 5. The van der Waals surface area contributed by atoms with Gasteiger partial charge in [0.1, 0.15) is 0 Å². The van der Waals surface area contributed by atoms with Gasteiger partial charge >= 0.3 is 0 Å². The molecule has 0 bridgehead atoms. The maximum absolute atomic E-state index is 12.0. The van der Waals surface area contributed by atoms with E-state index in [0.29, 0.717) is 12.3 Å². The van der Waals surface area contributed by atoms with Gasteiger partial charge in [0.25, 0.3) is 0 Å². The normalized spacial score (nSPS) is 36.8. The summed E-state index contributed by atoms with van der Waals surface area (Å²) in [7, 11) is 1.76. The Morgan fingerprint density at radius 2 is 2.16 bits per heavy atom. The molecule has 0 aromatic heterocycles. The standard InChI is InChI=1S/C15H28N2O2/c1-14(2)12(9-15(14,3)19-4)17-13(18)6-5-11-7-8-16-10-11/h11-12,16H,5-10H2,1-4H3,(H,17,18). The summed E-state index contributed by atoms with van der Waals surface area (Å²) in [6.07, 6.45) is 3.79. The van der Waals surface area contributed by atoms with E-state index in [9.17, 15) is 4.79 Å². The fourth-order valence-electron chi connectivity index (χ4n) is 3.29. The van der Waals surface area contributed by atoms with Crippen molar-refractivity contribution in [1.82, 2.24) is 10.6 Å². The van der Waals surface area contributed by atoms with Crippen molar-refractivity contribution in [3.8, 4) is 0 Å². The lowest BCUT2D eigenvalue weighted by atomic mass is 9.56. The van der Waals surface area contributed by atoms with Crippen molar-refractivity contribution >= 4 is 5.91 Å². The van der Waals surface area contributed by atoms with Crippen LogP contribution in [0, 0.1) is 11.3 Å². The van der Waals surface area contributed by atoms with Gasteiger partial charge in [0.2, 0.25) is 5.91 Å². The van der Waals surface area contributed by atoms with Crippen molar-refractivity contribution in [2.45, 2.75) is 58.1 Å². The van der Waals surface area contributed by atoms with Gasteiger partial charge in [-0.2, -0.15) is 0 Å². The summed E-state index contributed by atoms with van der Waals surface area (Å²) in [5.41, 5.74) is -0.105. The first-order valence-corrected chi connectivity index (χ1v) is 7.44. The van der Waals surface area contributed by atoms with Gasteiger partial charge in [-0.25, -0.2) is 0 Å². The number of carbonyl (C=O) groups excluding carboxylic acids is 1. The molecule has 0 aromatic rings. The molecular weight excluding hydrogens is 240 g/mol. The summed E-state index contributed by atoms with van der Waals surface area (Å²) in [4.78, 5) is 12.0. The molecule has 2 rings (SSSR count). The van der Waals surface area contributed by atoms with Crippen LogP contribution in [0.15, 0.2) is 0 Å². The van der Waals surface area contributed by atoms with Gasteiger partial charge in [-0.15, -0.1) is 0 Å². The van der Waals surface area contributed by atoms with Crippen molar-refractivity contribution < 1.29 is 9.53 Å². The Morgan fingerprint density at radius 1 is 1.42 bits per heavy atom. The molecule has 3 unspecified atom stereocenters. The zero-order valence-corrected chi connectivity index (χ0v) is 12.7. The number of hydrogen-bond acceptors (Lipinski definition) is 3. The van der Waals surface area contributed by atoms with Crippen LogP contribution in [0.1, 0.15) is 46.5 Å². The number of amides is 1. The average molecular weight is 268 g/mol. The highest BCUT2D eigenvalue weighted by molar-refractivity contribution is 5.76. The molecule has 4 heteroatoms. The Morgan fingerprint density at radius 3 is 2.68 bits per heavy atom. The van der Waals surface area contributed by atoms with Gasteiger partial charge in [-0.3, -0.25) is 4.79 Å². The molecule has 2 aliphatic rings. The SMILES string of the molecule is COC1(C)CC(NC(=O)CCC2CCNC2)C1(C)C. The van der Waals surface area contributed by atoms with Crippen LogP contribution in [0.2, 0.25) is 0 Å². The van der Waals surface area contributed by atoms with E-state index in [0.717, 1.165) is 25.9 Å². The number of nitrogens with one attached hydrogen (secondary N) is 2. The monoisotopic (exact) mass is 268 g/mol. The molecule has 1 saturated carbocycles. The van der Waals surface area contributed by atoms with Crippen molar-refractivity contribution in [1.29, 1.82) is 0 Å². The van der Waals surface area contributed by atoms with Crippen LogP contribution in [0.4, 0.5) is 0 Å². The smallest absolute Gasteiger partial charge is 0.220 e. The highest BCUT2D eigenvalue weighted by Crippen LogP contribution is 2.51. The van der Waals surface area contributed by atoms with Crippen LogP contribution >= 0.6 is 0 Å². The van der Waals surface area contributed by atoms with E-state index < -0.39 is 0 Å². The summed E-state index contributed by atoms with van der Waals surface area (Å²) in [5, 5.41) is 6.52. The lowest BCUT2D eigenvalue weighted by Gasteiger charge is -2.59. The van der Waals surface area contributed by atoms with E-state index in [1.807, 2.05) is 0 Å². The molecule has 19 heavy (non-hydrogen) atoms. The molecule has 1 amide bonds. The van der Waals surface area contributed by atoms with E-state index in [1.165, 1.54) is 6.42 Å². The van der Waals surface area contributed by atoms with Gasteiger partial charge in [-0.05, 0) is 45.2 Å². The third-order valence-electron chi connectivity index (χ3n) is 5.56. The number of ether oxygens (including phenoxy) is 1. The van der Waals surface area contributed by atoms with E-state index in [-0.39, 0.29) is 23.0 Å². The largest absolute Gasteiger partial charge is 0.378 e. The third-order valence-corrected chi connectivity index (χ3v) is 5.56. The van der Waals surface area contributed by atoms with Crippen molar-refractivity contribution in [3.63, 3.8) is 0 Å². The molecule has 110 valence electrons. The van der Waals surface area contributed by atoms with Crippen LogP contribution < -0.4 is 10.6 Å². The summed E-state index contributed by atoms with van der Waals surface area (Å²) in [5.74, 6) is 0.882. The van der Waals surface area contributed by atoms with Crippen LogP contribution in [0.25, 0.3) is 0 Å². The minimum Gasteiger partial charge on any atom is -0.378 e. The Kier molecular flexibility index (Phi) is 4.21. The summed E-state index contributed by atoms with van der Waals surface area (Å²) >= 11 is 0. The second kappa shape index (κ2) is 5.41. The van der Waals surface area contributed by atoms with Crippen LogP contribution in [-0.4, -0.2) is 37.7 Å². The summed E-state index contributed by atoms with van der Waals surface area (Å²) in [6, 6.07) is 0.242. The summed E-state index contributed by atoms with van der Waals surface area (Å²) in [6.45, 7) is 8.65. The zero-order chi connectivity index (χ0) is 14.1. The molecule has 4 nitrogen and oxygen atoms in total. The fraction of sp³-hybridized carbons (Fsp3) is 0.933. The molecule has 2 N–H and O–H groups in total. The lowest BCUT2D eigenvalue weighted by Crippen LogP contribution is -2.68. The van der Waals surface area contributed by atoms with E-state index in [4.69, 9.17) is 4.74 Å². The van der Waals surface area contributed by atoms with Crippen LogP contribution in [-0.2, 0) is 9.53 Å². The van der Waals surface area contributed by atoms with Gasteiger partial charge < -0.3 is 15.4 Å². The quantitative estimate of drug-likeness (QED) is 0.798. The van der Waals surface area contributed by atoms with Gasteiger partial charge in [-0.1, -0.05) is 13.8 Å². The molecule has 1 aliphatic heterocycles. The van der Waals surface area contributed by atoms with E-state index in [1.54, 1.807) is 7.11 Å².